The van der Waals surface area contributed by atoms with Gasteiger partial charge >= 0.3 is 5.69 Å². The Kier molecular flexibility index (Phi) is 4.89. The van der Waals surface area contributed by atoms with Crippen LogP contribution in [0.1, 0.15) is 25.8 Å². The fourth-order valence-corrected chi connectivity index (χ4v) is 2.43. The lowest BCUT2D eigenvalue weighted by Gasteiger charge is -2.06. The summed E-state index contributed by atoms with van der Waals surface area (Å²) < 4.78 is 24.0. The standard InChI is InChI=1S/C11H18N2O4S/c1-3-9-8-13(11(15)12-10(9)14)6-5-7-18(16,17)4-2/h8H,3-7H2,1-2H3,(H,12,14,15). The number of hydrogen-bond donors (Lipinski definition) is 1. The van der Waals surface area contributed by atoms with Crippen molar-refractivity contribution in [3.63, 3.8) is 0 Å². The molecule has 0 amide bonds. The molecule has 0 saturated heterocycles. The Labute approximate surface area is 106 Å². The molecule has 0 unspecified atom stereocenters. The van der Waals surface area contributed by atoms with Crippen LogP contribution in [0.3, 0.4) is 0 Å². The van der Waals surface area contributed by atoms with Crippen molar-refractivity contribution >= 4 is 9.84 Å². The molecule has 1 heterocycles. The van der Waals surface area contributed by atoms with Gasteiger partial charge in [0.25, 0.3) is 5.56 Å². The first-order valence-corrected chi connectivity index (χ1v) is 7.74. The quantitative estimate of drug-likeness (QED) is 0.786. The van der Waals surface area contributed by atoms with Crippen LogP contribution in [0.25, 0.3) is 0 Å². The molecule has 0 spiro atoms. The van der Waals surface area contributed by atoms with E-state index in [1.54, 1.807) is 6.92 Å². The zero-order chi connectivity index (χ0) is 13.8. The lowest BCUT2D eigenvalue weighted by atomic mass is 10.2. The van der Waals surface area contributed by atoms with Gasteiger partial charge in [-0.2, -0.15) is 0 Å². The van der Waals surface area contributed by atoms with Crippen molar-refractivity contribution in [3.05, 3.63) is 32.6 Å². The first kappa shape index (κ1) is 14.7. The van der Waals surface area contributed by atoms with Gasteiger partial charge in [0, 0.05) is 24.1 Å². The van der Waals surface area contributed by atoms with E-state index in [2.05, 4.69) is 4.98 Å². The fraction of sp³-hybridized carbons (Fsp3) is 0.636. The lowest BCUT2D eigenvalue weighted by Crippen LogP contribution is -2.32. The first-order chi connectivity index (χ1) is 8.39. The molecule has 0 atom stereocenters. The van der Waals surface area contributed by atoms with Crippen LogP contribution in [-0.2, 0) is 22.8 Å². The molecule has 102 valence electrons. The molecule has 0 aliphatic carbocycles. The smallest absolute Gasteiger partial charge is 0.300 e. The van der Waals surface area contributed by atoms with E-state index in [0.717, 1.165) is 0 Å². The Bertz CT molecular complexity index is 613. The zero-order valence-electron chi connectivity index (χ0n) is 10.6. The summed E-state index contributed by atoms with van der Waals surface area (Å²) >= 11 is 0. The number of H-pyrrole nitrogens is 1. The third-order valence-corrected chi connectivity index (χ3v) is 4.55. The largest absolute Gasteiger partial charge is 0.328 e. The summed E-state index contributed by atoms with van der Waals surface area (Å²) in [7, 11) is -3.01. The van der Waals surface area contributed by atoms with E-state index in [-0.39, 0.29) is 17.1 Å². The minimum Gasteiger partial charge on any atom is -0.300 e. The van der Waals surface area contributed by atoms with Crippen LogP contribution in [0.5, 0.6) is 0 Å². The number of aromatic amines is 1. The molecule has 0 aliphatic rings. The number of nitrogens with zero attached hydrogens (tertiary/aromatic N) is 1. The topological polar surface area (TPSA) is 89.0 Å². The van der Waals surface area contributed by atoms with Gasteiger partial charge in [-0.05, 0) is 12.8 Å². The third-order valence-electron chi connectivity index (χ3n) is 2.76. The normalized spacial score (nSPS) is 11.7. The predicted octanol–water partition coefficient (Wildman–Crippen LogP) is -0.0762. The number of aryl methyl sites for hydroxylation is 2. The Morgan fingerprint density at radius 2 is 1.94 bits per heavy atom. The second-order valence-electron chi connectivity index (χ2n) is 4.05. The van der Waals surface area contributed by atoms with E-state index in [1.165, 1.54) is 10.8 Å². The highest BCUT2D eigenvalue weighted by molar-refractivity contribution is 7.91. The van der Waals surface area contributed by atoms with Crippen molar-refractivity contribution in [2.24, 2.45) is 0 Å². The molecule has 0 fully saturated rings. The van der Waals surface area contributed by atoms with E-state index < -0.39 is 15.5 Å². The molecule has 0 aliphatic heterocycles. The number of hydrogen-bond acceptors (Lipinski definition) is 4. The maximum absolute atomic E-state index is 11.5. The molecule has 1 rings (SSSR count). The van der Waals surface area contributed by atoms with Gasteiger partial charge in [0.05, 0.1) is 5.75 Å². The Balaban J connectivity index is 2.80. The van der Waals surface area contributed by atoms with Crippen LogP contribution < -0.4 is 11.2 Å². The van der Waals surface area contributed by atoms with Crippen molar-refractivity contribution in [2.75, 3.05) is 11.5 Å². The second-order valence-corrected chi connectivity index (χ2v) is 6.52. The van der Waals surface area contributed by atoms with Crippen molar-refractivity contribution in [2.45, 2.75) is 33.2 Å². The van der Waals surface area contributed by atoms with Crippen LogP contribution >= 0.6 is 0 Å². The van der Waals surface area contributed by atoms with Crippen LogP contribution in [0.4, 0.5) is 0 Å². The van der Waals surface area contributed by atoms with Crippen LogP contribution in [0, 0.1) is 0 Å². The van der Waals surface area contributed by atoms with E-state index in [1.807, 2.05) is 6.92 Å². The summed E-state index contributed by atoms with van der Waals surface area (Å²) in [6.45, 7) is 3.71. The average Bonchev–Trinajstić information content (AvgIpc) is 2.32. The summed E-state index contributed by atoms with van der Waals surface area (Å²) in [5.41, 5.74) is -0.348. The van der Waals surface area contributed by atoms with E-state index in [4.69, 9.17) is 0 Å². The van der Waals surface area contributed by atoms with Gasteiger partial charge < -0.3 is 4.57 Å². The maximum Gasteiger partial charge on any atom is 0.328 e. The van der Waals surface area contributed by atoms with Gasteiger partial charge in [0.15, 0.2) is 0 Å². The van der Waals surface area contributed by atoms with Crippen molar-refractivity contribution in [1.29, 1.82) is 0 Å². The number of sulfone groups is 1. The zero-order valence-corrected chi connectivity index (χ0v) is 11.4. The average molecular weight is 274 g/mol. The monoisotopic (exact) mass is 274 g/mol. The van der Waals surface area contributed by atoms with Gasteiger partial charge in [-0.1, -0.05) is 13.8 Å². The van der Waals surface area contributed by atoms with Crippen LogP contribution in [0.15, 0.2) is 15.8 Å². The molecule has 7 heteroatoms. The van der Waals surface area contributed by atoms with Crippen LogP contribution in [-0.4, -0.2) is 29.5 Å². The molecule has 6 nitrogen and oxygen atoms in total. The van der Waals surface area contributed by atoms with Gasteiger partial charge in [0.2, 0.25) is 0 Å². The lowest BCUT2D eigenvalue weighted by molar-refractivity contribution is 0.580. The molecule has 0 aromatic carbocycles. The summed E-state index contributed by atoms with van der Waals surface area (Å²) in [5.74, 6) is 0.157. The van der Waals surface area contributed by atoms with Crippen molar-refractivity contribution in [1.82, 2.24) is 9.55 Å². The van der Waals surface area contributed by atoms with E-state index in [0.29, 0.717) is 24.9 Å². The molecular formula is C11H18N2O4S. The molecule has 1 aromatic rings. The van der Waals surface area contributed by atoms with Gasteiger partial charge in [0.1, 0.15) is 9.84 Å². The number of rotatable bonds is 6. The molecular weight excluding hydrogens is 256 g/mol. The molecule has 0 radical (unpaired) electrons. The van der Waals surface area contributed by atoms with Crippen LogP contribution in [0.2, 0.25) is 0 Å². The highest BCUT2D eigenvalue weighted by Gasteiger charge is 2.08. The fourth-order valence-electron chi connectivity index (χ4n) is 1.57. The summed E-state index contributed by atoms with van der Waals surface area (Å²) in [4.78, 5) is 25.1. The van der Waals surface area contributed by atoms with E-state index in [9.17, 15) is 18.0 Å². The van der Waals surface area contributed by atoms with Gasteiger partial charge in [-0.3, -0.25) is 9.78 Å². The number of aromatic nitrogens is 2. The number of nitrogens with one attached hydrogen (secondary N) is 1. The molecule has 0 bridgehead atoms. The van der Waals surface area contributed by atoms with E-state index >= 15 is 0 Å². The molecule has 18 heavy (non-hydrogen) atoms. The first-order valence-electron chi connectivity index (χ1n) is 5.92. The Hall–Kier alpha value is -1.37. The summed E-state index contributed by atoms with van der Waals surface area (Å²) in [6, 6.07) is 0. The van der Waals surface area contributed by atoms with Gasteiger partial charge in [-0.25, -0.2) is 13.2 Å². The van der Waals surface area contributed by atoms with Gasteiger partial charge in [-0.15, -0.1) is 0 Å². The Morgan fingerprint density at radius 3 is 2.50 bits per heavy atom. The summed E-state index contributed by atoms with van der Waals surface area (Å²) in [6.07, 6.45) is 2.40. The molecule has 0 saturated carbocycles. The van der Waals surface area contributed by atoms with Crippen molar-refractivity contribution in [3.8, 4) is 0 Å². The Morgan fingerprint density at radius 1 is 1.28 bits per heavy atom. The SMILES string of the molecule is CCc1cn(CCCS(=O)(=O)CC)c(=O)[nH]c1=O. The minimum absolute atomic E-state index is 0.0521. The highest BCUT2D eigenvalue weighted by atomic mass is 32.2. The molecule has 1 aromatic heterocycles. The third kappa shape index (κ3) is 3.83. The summed E-state index contributed by atoms with van der Waals surface area (Å²) in [5, 5.41) is 0. The molecule has 1 N–H and O–H groups in total. The predicted molar refractivity (Wildman–Crippen MR) is 69.6 cm³/mol. The van der Waals surface area contributed by atoms with Crippen molar-refractivity contribution < 1.29 is 8.42 Å². The second kappa shape index (κ2) is 5.99. The maximum atomic E-state index is 11.5. The minimum atomic E-state index is -3.01. The highest BCUT2D eigenvalue weighted by Crippen LogP contribution is 1.96.